The van der Waals surface area contributed by atoms with Crippen LogP contribution in [0.4, 0.5) is 0 Å². The minimum atomic E-state index is -0.318. The Morgan fingerprint density at radius 1 is 1.33 bits per heavy atom. The standard InChI is InChI=1S/C14H19N3.C5H10O2/c15-8-5-14(6-9-17-10-7-14)13-4-2-1-3-12(13)11-16;1-5(2,3)7-4-6/h1-4,17H,5-7,9-11,16H2;4H,1-3H3. The van der Waals surface area contributed by atoms with Crippen LogP contribution in [0, 0.1) is 11.3 Å². The van der Waals surface area contributed by atoms with Gasteiger partial charge >= 0.3 is 0 Å². The monoisotopic (exact) mass is 331 g/mol. The number of hydrogen-bond acceptors (Lipinski definition) is 5. The first-order chi connectivity index (χ1) is 11.4. The van der Waals surface area contributed by atoms with Gasteiger partial charge < -0.3 is 15.8 Å². The summed E-state index contributed by atoms with van der Waals surface area (Å²) in [7, 11) is 0. The van der Waals surface area contributed by atoms with Crippen molar-refractivity contribution in [2.75, 3.05) is 13.1 Å². The molecule has 0 amide bonds. The van der Waals surface area contributed by atoms with Crippen LogP contribution in [0.3, 0.4) is 0 Å². The molecule has 1 aromatic rings. The van der Waals surface area contributed by atoms with Gasteiger partial charge in [-0.1, -0.05) is 24.3 Å². The van der Waals surface area contributed by atoms with Crippen LogP contribution in [0.5, 0.6) is 0 Å². The molecule has 0 aromatic heterocycles. The molecule has 0 atom stereocenters. The molecule has 5 heteroatoms. The van der Waals surface area contributed by atoms with Gasteiger partial charge in [0.2, 0.25) is 0 Å². The molecule has 3 N–H and O–H groups in total. The molecule has 24 heavy (non-hydrogen) atoms. The summed E-state index contributed by atoms with van der Waals surface area (Å²) in [5, 5.41) is 12.5. The normalized spacial score (nSPS) is 16.3. The molecule has 5 nitrogen and oxygen atoms in total. The summed E-state index contributed by atoms with van der Waals surface area (Å²) in [6, 6.07) is 10.7. The molecule has 0 spiro atoms. The van der Waals surface area contributed by atoms with E-state index in [1.165, 1.54) is 11.1 Å². The van der Waals surface area contributed by atoms with Gasteiger partial charge in [0.15, 0.2) is 0 Å². The highest BCUT2D eigenvalue weighted by Gasteiger charge is 2.34. The van der Waals surface area contributed by atoms with Crippen LogP contribution in [0.2, 0.25) is 0 Å². The van der Waals surface area contributed by atoms with E-state index in [4.69, 9.17) is 11.0 Å². The SMILES string of the molecule is CC(C)(C)OC=O.N#CCC1(c2ccccc2CN)CCNCC1. The summed E-state index contributed by atoms with van der Waals surface area (Å²) in [4.78, 5) is 9.60. The van der Waals surface area contributed by atoms with Crippen molar-refractivity contribution < 1.29 is 9.53 Å². The first-order valence-electron chi connectivity index (χ1n) is 8.36. The molecule has 1 fully saturated rings. The fourth-order valence-electron chi connectivity index (χ4n) is 2.96. The Balaban J connectivity index is 0.000000351. The molecular weight excluding hydrogens is 302 g/mol. The Morgan fingerprint density at radius 3 is 2.42 bits per heavy atom. The minimum Gasteiger partial charge on any atom is -0.462 e. The average molecular weight is 331 g/mol. The lowest BCUT2D eigenvalue weighted by molar-refractivity contribution is -0.138. The van der Waals surface area contributed by atoms with E-state index in [9.17, 15) is 4.79 Å². The second kappa shape index (κ2) is 9.41. The third-order valence-corrected chi connectivity index (χ3v) is 4.19. The van der Waals surface area contributed by atoms with Crippen molar-refractivity contribution in [3.8, 4) is 6.07 Å². The molecule has 0 unspecified atom stereocenters. The topological polar surface area (TPSA) is 88.1 Å². The number of benzene rings is 1. The van der Waals surface area contributed by atoms with E-state index in [-0.39, 0.29) is 11.0 Å². The van der Waals surface area contributed by atoms with Gasteiger partial charge in [-0.05, 0) is 57.8 Å². The van der Waals surface area contributed by atoms with Crippen molar-refractivity contribution in [1.82, 2.24) is 5.32 Å². The predicted octanol–water partition coefficient (Wildman–Crippen LogP) is 2.64. The van der Waals surface area contributed by atoms with Crippen molar-refractivity contribution in [3.05, 3.63) is 35.4 Å². The molecular formula is C19H29N3O2. The van der Waals surface area contributed by atoms with Gasteiger partial charge in [0.1, 0.15) is 5.60 Å². The Labute approximate surface area is 145 Å². The predicted molar refractivity (Wildman–Crippen MR) is 95.2 cm³/mol. The highest BCUT2D eigenvalue weighted by molar-refractivity contribution is 5.38. The maximum Gasteiger partial charge on any atom is 0.293 e. The smallest absolute Gasteiger partial charge is 0.293 e. The summed E-state index contributed by atoms with van der Waals surface area (Å²) >= 11 is 0. The number of carbonyl (C=O) groups is 1. The van der Waals surface area contributed by atoms with E-state index in [1.54, 1.807) is 0 Å². The maximum atomic E-state index is 9.60. The van der Waals surface area contributed by atoms with Crippen LogP contribution in [-0.4, -0.2) is 25.2 Å². The molecule has 1 aliphatic rings. The van der Waals surface area contributed by atoms with E-state index < -0.39 is 0 Å². The van der Waals surface area contributed by atoms with Crippen molar-refractivity contribution in [2.24, 2.45) is 5.73 Å². The van der Waals surface area contributed by atoms with Crippen LogP contribution in [-0.2, 0) is 21.5 Å². The summed E-state index contributed by atoms with van der Waals surface area (Å²) < 4.78 is 4.55. The van der Waals surface area contributed by atoms with Crippen LogP contribution in [0.1, 0.15) is 51.2 Å². The Kier molecular flexibility index (Phi) is 7.90. The lowest BCUT2D eigenvalue weighted by Crippen LogP contribution is -2.40. The second-order valence-corrected chi connectivity index (χ2v) is 7.05. The van der Waals surface area contributed by atoms with Gasteiger partial charge in [0, 0.05) is 18.4 Å². The van der Waals surface area contributed by atoms with Gasteiger partial charge in [-0.25, -0.2) is 0 Å². The van der Waals surface area contributed by atoms with Crippen molar-refractivity contribution >= 4 is 6.47 Å². The summed E-state index contributed by atoms with van der Waals surface area (Å²) in [6.45, 7) is 8.45. The van der Waals surface area contributed by atoms with Crippen LogP contribution < -0.4 is 11.1 Å². The number of nitrogens with two attached hydrogens (primary N) is 1. The quantitative estimate of drug-likeness (QED) is 0.828. The lowest BCUT2D eigenvalue weighted by atomic mass is 9.69. The van der Waals surface area contributed by atoms with Gasteiger partial charge in [-0.3, -0.25) is 4.79 Å². The van der Waals surface area contributed by atoms with E-state index in [1.807, 2.05) is 26.8 Å². The lowest BCUT2D eigenvalue weighted by Gasteiger charge is -2.37. The minimum absolute atomic E-state index is 0.00988. The highest BCUT2D eigenvalue weighted by Crippen LogP contribution is 2.38. The molecule has 132 valence electrons. The molecule has 1 heterocycles. The second-order valence-electron chi connectivity index (χ2n) is 7.05. The van der Waals surface area contributed by atoms with Crippen LogP contribution in [0.25, 0.3) is 0 Å². The van der Waals surface area contributed by atoms with E-state index in [0.29, 0.717) is 19.4 Å². The average Bonchev–Trinajstić information content (AvgIpc) is 2.55. The zero-order valence-corrected chi connectivity index (χ0v) is 15.0. The number of rotatable bonds is 4. The molecule has 0 bridgehead atoms. The first-order valence-corrected chi connectivity index (χ1v) is 8.36. The highest BCUT2D eigenvalue weighted by atomic mass is 16.5. The number of hydrogen-bond donors (Lipinski definition) is 2. The zero-order valence-electron chi connectivity index (χ0n) is 15.0. The third-order valence-electron chi connectivity index (χ3n) is 4.19. The van der Waals surface area contributed by atoms with Gasteiger partial charge in [-0.15, -0.1) is 0 Å². The zero-order chi connectivity index (χ0) is 18.1. The van der Waals surface area contributed by atoms with E-state index in [2.05, 4.69) is 34.3 Å². The fraction of sp³-hybridized carbons (Fsp3) is 0.579. The van der Waals surface area contributed by atoms with Crippen molar-refractivity contribution in [3.63, 3.8) is 0 Å². The summed E-state index contributed by atoms with van der Waals surface area (Å²) in [5.41, 5.74) is 7.97. The van der Waals surface area contributed by atoms with Gasteiger partial charge in [0.25, 0.3) is 6.47 Å². The number of carbonyl (C=O) groups excluding carboxylic acids is 1. The number of nitrogens with one attached hydrogen (secondary N) is 1. The number of nitriles is 1. The van der Waals surface area contributed by atoms with Crippen LogP contribution in [0.15, 0.2) is 24.3 Å². The largest absolute Gasteiger partial charge is 0.462 e. The third kappa shape index (κ3) is 5.95. The Morgan fingerprint density at radius 2 is 1.96 bits per heavy atom. The number of ether oxygens (including phenoxy) is 1. The number of piperidine rings is 1. The Hall–Kier alpha value is -1.90. The molecule has 2 rings (SSSR count). The van der Waals surface area contributed by atoms with E-state index in [0.717, 1.165) is 25.9 Å². The van der Waals surface area contributed by atoms with Crippen LogP contribution >= 0.6 is 0 Å². The molecule has 1 aromatic carbocycles. The molecule has 1 aliphatic heterocycles. The molecule has 0 saturated carbocycles. The number of nitrogens with zero attached hydrogens (tertiary/aromatic N) is 1. The Bertz CT molecular complexity index is 552. The van der Waals surface area contributed by atoms with E-state index >= 15 is 0 Å². The maximum absolute atomic E-state index is 9.60. The first kappa shape index (κ1) is 20.1. The fourth-order valence-corrected chi connectivity index (χ4v) is 2.96. The summed E-state index contributed by atoms with van der Waals surface area (Å²) in [5.74, 6) is 0. The van der Waals surface area contributed by atoms with Crippen molar-refractivity contribution in [1.29, 1.82) is 5.26 Å². The molecule has 0 aliphatic carbocycles. The van der Waals surface area contributed by atoms with Crippen molar-refractivity contribution in [2.45, 2.75) is 57.6 Å². The molecule has 0 radical (unpaired) electrons. The summed E-state index contributed by atoms with van der Waals surface area (Å²) in [6.07, 6.45) is 2.64. The van der Waals surface area contributed by atoms with Gasteiger partial charge in [-0.2, -0.15) is 5.26 Å². The molecule has 1 saturated heterocycles. The van der Waals surface area contributed by atoms with Gasteiger partial charge in [0.05, 0.1) is 6.07 Å².